The molecule has 0 spiro atoms. The van der Waals surface area contributed by atoms with E-state index in [9.17, 15) is 40.2 Å². The lowest BCUT2D eigenvalue weighted by atomic mass is 9.43. The van der Waals surface area contributed by atoms with E-state index in [4.69, 9.17) is 9.47 Å². The van der Waals surface area contributed by atoms with Crippen LogP contribution >= 0.6 is 0 Å². The Kier molecular flexibility index (Phi) is 8.36. The van der Waals surface area contributed by atoms with Crippen LogP contribution in [-0.2, 0) is 19.1 Å². The second kappa shape index (κ2) is 11.1. The minimum Gasteiger partial charge on any atom is -0.481 e. The Morgan fingerprint density at radius 1 is 0.875 bits per heavy atom. The summed E-state index contributed by atoms with van der Waals surface area (Å²) < 4.78 is 11.9. The molecule has 5 rings (SSSR count). The van der Waals surface area contributed by atoms with E-state index in [1.54, 1.807) is 0 Å². The van der Waals surface area contributed by atoms with Crippen LogP contribution in [-0.4, -0.2) is 85.5 Å². The number of carboxylic acids is 2. The van der Waals surface area contributed by atoms with Gasteiger partial charge in [0.15, 0.2) is 12.4 Å². The molecule has 0 bridgehead atoms. The van der Waals surface area contributed by atoms with Crippen molar-refractivity contribution in [2.45, 2.75) is 128 Å². The molecule has 4 saturated carbocycles. The topological polar surface area (TPSA) is 174 Å². The van der Waals surface area contributed by atoms with E-state index in [1.165, 1.54) is 0 Å². The summed E-state index contributed by atoms with van der Waals surface area (Å²) in [5, 5.41) is 60.7. The average molecular weight is 569 g/mol. The summed E-state index contributed by atoms with van der Waals surface area (Å²) in [5.41, 5.74) is -0.0122. The molecule has 0 aromatic rings. The van der Waals surface area contributed by atoms with Crippen LogP contribution in [0.4, 0.5) is 0 Å². The standard InChI is InChI=1S/C30H48O10/c1-14(4-7-22(32)33)17-5-6-18-16-13-21(39-28-25(36)23(34)24(35)26(40-28)27(37)38)20-12-15(31)8-10-30(20,3)19(16)9-11-29(17,18)2/h14-21,23-26,28,31,34-36H,4-13H2,1-3H3,(H,32,33)(H,37,38)/t14-,15-,16+,17-,18+,19+,20+,21+,23+,24+,25-,26+,28-,29-,30-/m1/s1. The van der Waals surface area contributed by atoms with Gasteiger partial charge in [-0.25, -0.2) is 4.79 Å². The Morgan fingerprint density at radius 3 is 2.23 bits per heavy atom. The van der Waals surface area contributed by atoms with Crippen LogP contribution in [0.5, 0.6) is 0 Å². The number of aliphatic hydroxyl groups is 4. The molecule has 10 heteroatoms. The molecule has 10 nitrogen and oxygen atoms in total. The lowest BCUT2D eigenvalue weighted by Crippen LogP contribution is -2.63. The summed E-state index contributed by atoms with van der Waals surface area (Å²) in [6.45, 7) is 6.89. The van der Waals surface area contributed by atoms with Crippen LogP contribution in [0, 0.1) is 46.3 Å². The maximum Gasteiger partial charge on any atom is 0.335 e. The molecule has 0 radical (unpaired) electrons. The SMILES string of the molecule is C[C@H](CCC(=O)O)[C@H]1CC[C@H]2[C@@H]3C[C@H](O[C@@H]4O[C@H](C(=O)O)[C@@H](O)[C@H](O)[C@H]4O)[C@@H]4C[C@H](O)CC[C@]4(C)[C@H]3CC[C@]12C. The molecule has 4 aliphatic carbocycles. The van der Waals surface area contributed by atoms with Crippen LogP contribution in [0.15, 0.2) is 0 Å². The van der Waals surface area contributed by atoms with Gasteiger partial charge in [-0.3, -0.25) is 4.79 Å². The Bertz CT molecular complexity index is 959. The van der Waals surface area contributed by atoms with Gasteiger partial charge in [0, 0.05) is 6.42 Å². The fourth-order valence-electron chi connectivity index (χ4n) is 10.3. The predicted octanol–water partition coefficient (Wildman–Crippen LogP) is 2.39. The third-order valence-corrected chi connectivity index (χ3v) is 12.3. The fraction of sp³-hybridized carbons (Fsp3) is 0.933. The molecule has 1 heterocycles. The van der Waals surface area contributed by atoms with Crippen molar-refractivity contribution in [3.05, 3.63) is 0 Å². The molecule has 6 N–H and O–H groups in total. The van der Waals surface area contributed by atoms with Crippen LogP contribution in [0.1, 0.15) is 85.0 Å². The minimum atomic E-state index is -1.78. The molecule has 1 saturated heterocycles. The second-order valence-electron chi connectivity index (χ2n) is 14.2. The molecule has 40 heavy (non-hydrogen) atoms. The molecule has 15 atom stereocenters. The zero-order valence-electron chi connectivity index (χ0n) is 23.9. The highest BCUT2D eigenvalue weighted by Crippen LogP contribution is 2.68. The molecule has 0 aromatic carbocycles. The quantitative estimate of drug-likeness (QED) is 0.250. The molecule has 0 unspecified atom stereocenters. The molecule has 5 fully saturated rings. The summed E-state index contributed by atoms with van der Waals surface area (Å²) in [6, 6.07) is 0. The third-order valence-electron chi connectivity index (χ3n) is 12.3. The van der Waals surface area contributed by atoms with Crippen molar-refractivity contribution < 1.29 is 49.7 Å². The van der Waals surface area contributed by atoms with Gasteiger partial charge in [-0.1, -0.05) is 20.8 Å². The molecular weight excluding hydrogens is 520 g/mol. The maximum atomic E-state index is 11.7. The monoisotopic (exact) mass is 568 g/mol. The van der Waals surface area contributed by atoms with Crippen LogP contribution < -0.4 is 0 Å². The first-order chi connectivity index (χ1) is 18.8. The van der Waals surface area contributed by atoms with E-state index in [0.29, 0.717) is 55.3 Å². The Balaban J connectivity index is 1.41. The first-order valence-corrected chi connectivity index (χ1v) is 15.3. The summed E-state index contributed by atoms with van der Waals surface area (Å²) in [4.78, 5) is 23.0. The van der Waals surface area contributed by atoms with Gasteiger partial charge in [-0.15, -0.1) is 0 Å². The van der Waals surface area contributed by atoms with Gasteiger partial charge in [-0.2, -0.15) is 0 Å². The van der Waals surface area contributed by atoms with Crippen molar-refractivity contribution in [2.24, 2.45) is 46.3 Å². The van der Waals surface area contributed by atoms with Gasteiger partial charge >= 0.3 is 11.9 Å². The fourth-order valence-corrected chi connectivity index (χ4v) is 10.3. The predicted molar refractivity (Wildman–Crippen MR) is 142 cm³/mol. The van der Waals surface area contributed by atoms with Crippen molar-refractivity contribution in [1.29, 1.82) is 0 Å². The Hall–Kier alpha value is -1.30. The number of hydrogen-bond donors (Lipinski definition) is 6. The number of aliphatic carboxylic acids is 2. The van der Waals surface area contributed by atoms with E-state index in [2.05, 4.69) is 20.8 Å². The lowest BCUT2D eigenvalue weighted by Gasteiger charge is -2.63. The van der Waals surface area contributed by atoms with E-state index >= 15 is 0 Å². The molecular formula is C30H48O10. The van der Waals surface area contributed by atoms with E-state index in [-0.39, 0.29) is 23.2 Å². The molecule has 0 aromatic heterocycles. The number of ether oxygens (including phenoxy) is 2. The van der Waals surface area contributed by atoms with Crippen LogP contribution in [0.25, 0.3) is 0 Å². The number of fused-ring (bicyclic) bond motifs is 5. The number of carbonyl (C=O) groups is 2. The number of hydrogen-bond acceptors (Lipinski definition) is 8. The highest BCUT2D eigenvalue weighted by molar-refractivity contribution is 5.73. The number of aliphatic hydroxyl groups excluding tert-OH is 4. The van der Waals surface area contributed by atoms with Crippen molar-refractivity contribution >= 4 is 11.9 Å². The van der Waals surface area contributed by atoms with Crippen molar-refractivity contribution in [3.8, 4) is 0 Å². The first-order valence-electron chi connectivity index (χ1n) is 15.3. The maximum absolute atomic E-state index is 11.7. The highest BCUT2D eigenvalue weighted by atomic mass is 16.7. The minimum absolute atomic E-state index is 0.0170. The van der Waals surface area contributed by atoms with Gasteiger partial charge in [0.05, 0.1) is 12.2 Å². The zero-order chi connectivity index (χ0) is 29.1. The molecule has 0 amide bonds. The van der Waals surface area contributed by atoms with Gasteiger partial charge < -0.3 is 40.1 Å². The largest absolute Gasteiger partial charge is 0.481 e. The average Bonchev–Trinajstić information content (AvgIpc) is 3.25. The Morgan fingerprint density at radius 2 is 1.55 bits per heavy atom. The number of rotatable bonds is 7. The first kappa shape index (κ1) is 30.2. The smallest absolute Gasteiger partial charge is 0.335 e. The van der Waals surface area contributed by atoms with Gasteiger partial charge in [0.25, 0.3) is 0 Å². The zero-order valence-corrected chi connectivity index (χ0v) is 23.9. The second-order valence-corrected chi connectivity index (χ2v) is 14.2. The van der Waals surface area contributed by atoms with Crippen molar-refractivity contribution in [2.75, 3.05) is 0 Å². The number of carboxylic acid groups (broad SMARTS) is 2. The summed E-state index contributed by atoms with van der Waals surface area (Å²) in [6.07, 6.45) is -1.10. The summed E-state index contributed by atoms with van der Waals surface area (Å²) in [5.74, 6) is -0.213. The normalized spacial score (nSPS) is 51.3. The summed E-state index contributed by atoms with van der Waals surface area (Å²) >= 11 is 0. The third kappa shape index (κ3) is 5.00. The van der Waals surface area contributed by atoms with Gasteiger partial charge in [0.2, 0.25) is 0 Å². The van der Waals surface area contributed by atoms with E-state index < -0.39 is 54.9 Å². The van der Waals surface area contributed by atoms with Gasteiger partial charge in [-0.05, 0) is 104 Å². The van der Waals surface area contributed by atoms with Gasteiger partial charge in [0.1, 0.15) is 18.3 Å². The van der Waals surface area contributed by atoms with E-state index in [0.717, 1.165) is 32.1 Å². The molecule has 1 aliphatic heterocycles. The Labute approximate surface area is 236 Å². The van der Waals surface area contributed by atoms with Crippen LogP contribution in [0.2, 0.25) is 0 Å². The van der Waals surface area contributed by atoms with Crippen LogP contribution in [0.3, 0.4) is 0 Å². The molecule has 5 aliphatic rings. The van der Waals surface area contributed by atoms with Crippen molar-refractivity contribution in [3.63, 3.8) is 0 Å². The lowest BCUT2D eigenvalue weighted by molar-refractivity contribution is -0.321. The summed E-state index contributed by atoms with van der Waals surface area (Å²) in [7, 11) is 0. The molecule has 228 valence electrons. The van der Waals surface area contributed by atoms with Crippen molar-refractivity contribution in [1.82, 2.24) is 0 Å². The van der Waals surface area contributed by atoms with E-state index in [1.807, 2.05) is 0 Å². The highest BCUT2D eigenvalue weighted by Gasteiger charge is 2.63.